The van der Waals surface area contributed by atoms with Crippen LogP contribution in [0, 0.1) is 0 Å². The van der Waals surface area contributed by atoms with Crippen LogP contribution in [0.3, 0.4) is 0 Å². The van der Waals surface area contributed by atoms with E-state index >= 15 is 0 Å². The van der Waals surface area contributed by atoms with Crippen LogP contribution < -0.4 is 0 Å². The molecular formula is C60H105O11P. The van der Waals surface area contributed by atoms with E-state index in [0.29, 0.717) is 19.3 Å². The van der Waals surface area contributed by atoms with E-state index in [1.165, 1.54) is 64.2 Å². The smallest absolute Gasteiger partial charge is 0.462 e. The molecule has 0 rings (SSSR count). The zero-order valence-corrected chi connectivity index (χ0v) is 46.8. The van der Waals surface area contributed by atoms with Gasteiger partial charge in [-0.2, -0.15) is 0 Å². The summed E-state index contributed by atoms with van der Waals surface area (Å²) in [5, 5.41) is 9.81. The van der Waals surface area contributed by atoms with E-state index < -0.39 is 57.8 Å². The molecule has 0 aliphatic heterocycles. The fourth-order valence-corrected chi connectivity index (χ4v) is 8.51. The Morgan fingerprint density at radius 1 is 0.403 bits per heavy atom. The Labute approximate surface area is 439 Å². The van der Waals surface area contributed by atoms with Gasteiger partial charge < -0.3 is 24.2 Å². The summed E-state index contributed by atoms with van der Waals surface area (Å²) in [4.78, 5) is 48.5. The monoisotopic (exact) mass is 1030 g/mol. The van der Waals surface area contributed by atoms with Crippen LogP contribution in [0.5, 0.6) is 0 Å². The van der Waals surface area contributed by atoms with Gasteiger partial charge in [0.15, 0.2) is 6.10 Å². The van der Waals surface area contributed by atoms with Crippen LogP contribution in [0.4, 0.5) is 0 Å². The molecule has 0 heterocycles. The van der Waals surface area contributed by atoms with Crippen molar-refractivity contribution >= 4 is 25.7 Å². The summed E-state index contributed by atoms with van der Waals surface area (Å²) in [5.74, 6) is -1.49. The summed E-state index contributed by atoms with van der Waals surface area (Å²) in [7, 11) is -4.75. The number of aliphatic hydroxyl groups excluding tert-OH is 1. The van der Waals surface area contributed by atoms with Crippen molar-refractivity contribution < 1.29 is 52.2 Å². The first kappa shape index (κ1) is 68.9. The number of hydrogen-bond acceptors (Lipinski definition) is 10. The Kier molecular flexibility index (Phi) is 51.9. The first-order valence-corrected chi connectivity index (χ1v) is 30.3. The predicted molar refractivity (Wildman–Crippen MR) is 298 cm³/mol. The van der Waals surface area contributed by atoms with Crippen LogP contribution >= 0.6 is 7.82 Å². The second kappa shape index (κ2) is 54.2. The minimum atomic E-state index is -4.75. The van der Waals surface area contributed by atoms with Crippen LogP contribution in [0.1, 0.15) is 252 Å². The number of allylic oxidation sites excluding steroid dienone is 12. The molecule has 0 aromatic rings. The molecule has 0 fully saturated rings. The normalized spacial score (nSPS) is 13.9. The van der Waals surface area contributed by atoms with Crippen LogP contribution in [0.2, 0.25) is 0 Å². The second-order valence-electron chi connectivity index (χ2n) is 19.1. The molecule has 0 aromatic heterocycles. The highest BCUT2D eigenvalue weighted by Gasteiger charge is 2.28. The summed E-state index contributed by atoms with van der Waals surface area (Å²) < 4.78 is 39.5. The Bertz CT molecular complexity index is 1490. The largest absolute Gasteiger partial charge is 0.472 e. The minimum absolute atomic E-state index is 0.150. The minimum Gasteiger partial charge on any atom is -0.462 e. The number of carbonyl (C=O) groups excluding carboxylic acids is 3. The summed E-state index contributed by atoms with van der Waals surface area (Å²) in [6.45, 7) is 4.48. The Hall–Kier alpha value is -3.08. The maximum Gasteiger partial charge on any atom is 0.472 e. The number of unbranched alkanes of at least 4 members (excludes halogenated alkanes) is 24. The topological polar surface area (TPSA) is 155 Å². The summed E-state index contributed by atoms with van der Waals surface area (Å²) >= 11 is 0. The van der Waals surface area contributed by atoms with Gasteiger partial charge in [0.05, 0.1) is 19.8 Å². The Morgan fingerprint density at radius 2 is 0.722 bits per heavy atom. The van der Waals surface area contributed by atoms with Gasteiger partial charge in [-0.3, -0.25) is 23.4 Å². The third-order valence-electron chi connectivity index (χ3n) is 12.1. The third-order valence-corrected chi connectivity index (χ3v) is 13.1. The van der Waals surface area contributed by atoms with Crippen molar-refractivity contribution in [3.05, 3.63) is 72.9 Å². The van der Waals surface area contributed by atoms with Crippen LogP contribution in [0.25, 0.3) is 0 Å². The molecular weight excluding hydrogens is 928 g/mol. The van der Waals surface area contributed by atoms with Gasteiger partial charge in [0, 0.05) is 19.3 Å². The van der Waals surface area contributed by atoms with E-state index in [4.69, 9.17) is 23.3 Å². The molecule has 0 aliphatic rings. The van der Waals surface area contributed by atoms with E-state index in [0.717, 1.165) is 128 Å². The number of esters is 3. The highest BCUT2D eigenvalue weighted by atomic mass is 31.2. The standard InChI is InChI=1S/C60H105O11P/c1-4-7-10-13-16-19-22-24-26-27-28-29-31-33-36-39-42-45-48-51-60(64)71-57(53-67-58(62)49-46-43-40-37-34-21-18-15-12-9-6-3)55-69-72(65,66)68-54-56(52-61)70-59(63)50-47-44-41-38-35-32-30-25-23-20-17-14-11-8-5-2/h7,10,16-17,19-20,24-26,28-30,56-57,61H,4-6,8-9,11-15,18,21-23,27,31-55H2,1-3H3,(H,65,66)/b10-7-,19-16-,20-17-,26-24-,29-28-,30-25-. The van der Waals surface area contributed by atoms with E-state index in [9.17, 15) is 28.9 Å². The number of aliphatic hydroxyl groups is 1. The number of phosphoric acid groups is 1. The van der Waals surface area contributed by atoms with Gasteiger partial charge in [0.1, 0.15) is 12.7 Å². The molecule has 3 unspecified atom stereocenters. The highest BCUT2D eigenvalue weighted by Crippen LogP contribution is 2.43. The quantitative estimate of drug-likeness (QED) is 0.0197. The Morgan fingerprint density at radius 3 is 1.14 bits per heavy atom. The van der Waals surface area contributed by atoms with Crippen molar-refractivity contribution in [2.75, 3.05) is 26.4 Å². The third kappa shape index (κ3) is 51.8. The lowest BCUT2D eigenvalue weighted by atomic mass is 10.1. The molecule has 72 heavy (non-hydrogen) atoms. The highest BCUT2D eigenvalue weighted by molar-refractivity contribution is 7.47. The molecule has 0 amide bonds. The molecule has 0 radical (unpaired) electrons. The van der Waals surface area contributed by atoms with Gasteiger partial charge in [-0.25, -0.2) is 4.57 Å². The fraction of sp³-hybridized carbons (Fsp3) is 0.750. The molecule has 416 valence electrons. The van der Waals surface area contributed by atoms with Gasteiger partial charge in [-0.15, -0.1) is 0 Å². The first-order chi connectivity index (χ1) is 35.2. The van der Waals surface area contributed by atoms with Crippen molar-refractivity contribution in [1.29, 1.82) is 0 Å². The van der Waals surface area contributed by atoms with E-state index in [1.54, 1.807) is 0 Å². The average Bonchev–Trinajstić information content (AvgIpc) is 3.37. The molecule has 0 saturated heterocycles. The molecule has 12 heteroatoms. The lowest BCUT2D eigenvalue weighted by molar-refractivity contribution is -0.161. The SMILES string of the molecule is CC/C=C\C/C=C\C/C=C\C/C=C\CCCCCCCCC(=O)OC(COC(=O)CCCCCCCCCCCCC)COP(=O)(O)OCC(CO)OC(=O)CCCCCCC/C=C\C/C=C\CCCCC. The molecule has 0 saturated carbocycles. The first-order valence-electron chi connectivity index (χ1n) is 28.8. The average molecular weight is 1030 g/mol. The van der Waals surface area contributed by atoms with E-state index in [-0.39, 0.29) is 25.9 Å². The molecule has 11 nitrogen and oxygen atoms in total. The lowest BCUT2D eigenvalue weighted by Crippen LogP contribution is -2.30. The van der Waals surface area contributed by atoms with Gasteiger partial charge in [0.2, 0.25) is 0 Å². The number of rotatable bonds is 53. The predicted octanol–water partition coefficient (Wildman–Crippen LogP) is 16.9. The van der Waals surface area contributed by atoms with Crippen LogP contribution in [-0.2, 0) is 42.2 Å². The zero-order chi connectivity index (χ0) is 52.7. The number of phosphoric ester groups is 1. The summed E-state index contributed by atoms with van der Waals surface area (Å²) in [5.41, 5.74) is 0. The zero-order valence-electron chi connectivity index (χ0n) is 45.9. The number of carbonyl (C=O) groups is 3. The molecule has 3 atom stereocenters. The lowest BCUT2D eigenvalue weighted by Gasteiger charge is -2.21. The number of hydrogen-bond donors (Lipinski definition) is 2. The van der Waals surface area contributed by atoms with Gasteiger partial charge in [-0.05, 0) is 89.9 Å². The second-order valence-corrected chi connectivity index (χ2v) is 20.5. The molecule has 0 spiro atoms. The molecule has 0 bridgehead atoms. The molecule has 0 aliphatic carbocycles. The van der Waals surface area contributed by atoms with Gasteiger partial charge >= 0.3 is 25.7 Å². The van der Waals surface area contributed by atoms with Gasteiger partial charge in [0.25, 0.3) is 0 Å². The van der Waals surface area contributed by atoms with Crippen molar-refractivity contribution in [2.24, 2.45) is 0 Å². The molecule has 2 N–H and O–H groups in total. The van der Waals surface area contributed by atoms with E-state index in [2.05, 4.69) is 93.7 Å². The Balaban J connectivity index is 4.72. The van der Waals surface area contributed by atoms with Crippen LogP contribution in [-0.4, -0.2) is 66.5 Å². The van der Waals surface area contributed by atoms with Crippen molar-refractivity contribution in [3.63, 3.8) is 0 Å². The van der Waals surface area contributed by atoms with Crippen molar-refractivity contribution in [3.8, 4) is 0 Å². The maximum absolute atomic E-state index is 12.9. The maximum atomic E-state index is 12.9. The van der Waals surface area contributed by atoms with Crippen LogP contribution in [0.15, 0.2) is 72.9 Å². The van der Waals surface area contributed by atoms with Crippen molar-refractivity contribution in [2.45, 2.75) is 264 Å². The fourth-order valence-electron chi connectivity index (χ4n) is 7.73. The van der Waals surface area contributed by atoms with E-state index in [1.807, 2.05) is 0 Å². The summed E-state index contributed by atoms with van der Waals surface area (Å²) in [6, 6.07) is 0. The van der Waals surface area contributed by atoms with Crippen molar-refractivity contribution in [1.82, 2.24) is 0 Å². The number of ether oxygens (including phenoxy) is 3. The van der Waals surface area contributed by atoms with Gasteiger partial charge in [-0.1, -0.05) is 216 Å². The summed E-state index contributed by atoms with van der Waals surface area (Å²) in [6.07, 6.45) is 60.0. The molecule has 0 aromatic carbocycles.